The molecule has 0 spiro atoms. The minimum atomic E-state index is -3.25. The van der Waals surface area contributed by atoms with Crippen LogP contribution in [0.4, 0.5) is 17.1 Å². The fourth-order valence-electron chi connectivity index (χ4n) is 7.60. The zero-order valence-electron chi connectivity index (χ0n) is 29.7. The molecule has 8 aromatic carbocycles. The van der Waals surface area contributed by atoms with Crippen LogP contribution in [0.2, 0.25) is 0 Å². The van der Waals surface area contributed by atoms with Gasteiger partial charge < -0.3 is 9.46 Å². The van der Waals surface area contributed by atoms with Gasteiger partial charge in [0, 0.05) is 38.3 Å². The minimum absolute atomic E-state index is 0.619. The maximum Gasteiger partial charge on any atom is 0.175 e. The average Bonchev–Trinajstić information content (AvgIpc) is 3.27. The van der Waals surface area contributed by atoms with Crippen molar-refractivity contribution in [3.8, 4) is 45.3 Å². The second kappa shape index (κ2) is 13.5. The normalized spacial score (nSPS) is 14.7. The van der Waals surface area contributed by atoms with E-state index in [9.17, 15) is 0 Å². The number of benzene rings is 8. The fraction of sp³-hybridized carbons (Fsp3) is 0. The number of aromatic nitrogens is 3. The molecule has 10 rings (SSSR count). The van der Waals surface area contributed by atoms with Gasteiger partial charge in [0.15, 0.2) is 24.6 Å². The fourth-order valence-corrected chi connectivity index (χ4v) is 10.6. The molecule has 1 aromatic heterocycles. The SMILES string of the molecule is O=P1(c2ccccc2)c2ccccc2N(c2ccccc2)c2ccc(-c3ccc4cc(-c5nc(-c6ccccc6)nc(-c6ccccc6)n5)ccc4c3)cc21. The number of fused-ring (bicyclic) bond motifs is 3. The number of hydrogen-bond acceptors (Lipinski definition) is 5. The van der Waals surface area contributed by atoms with E-state index in [4.69, 9.17) is 15.0 Å². The lowest BCUT2D eigenvalue weighted by Crippen LogP contribution is -2.36. The second-order valence-corrected chi connectivity index (χ2v) is 16.3. The summed E-state index contributed by atoms with van der Waals surface area (Å²) in [5.74, 6) is 1.88. The number of nitrogens with zero attached hydrogens (tertiary/aromatic N) is 4. The van der Waals surface area contributed by atoms with Crippen LogP contribution in [0.25, 0.3) is 56.1 Å². The molecule has 5 nitrogen and oxygen atoms in total. The first-order chi connectivity index (χ1) is 27.1. The van der Waals surface area contributed by atoms with Crippen LogP contribution in [-0.2, 0) is 4.57 Å². The Morgan fingerprint density at radius 2 is 0.818 bits per heavy atom. The Morgan fingerprint density at radius 3 is 1.45 bits per heavy atom. The highest BCUT2D eigenvalue weighted by molar-refractivity contribution is 7.86. The van der Waals surface area contributed by atoms with Gasteiger partial charge in [-0.05, 0) is 70.4 Å². The summed E-state index contributed by atoms with van der Waals surface area (Å²) in [6.45, 7) is 0. The first-order valence-corrected chi connectivity index (χ1v) is 20.0. The van der Waals surface area contributed by atoms with Crippen LogP contribution in [0.15, 0.2) is 200 Å². The van der Waals surface area contributed by atoms with E-state index in [1.54, 1.807) is 0 Å². The Labute approximate surface area is 319 Å². The van der Waals surface area contributed by atoms with E-state index in [0.29, 0.717) is 17.5 Å². The minimum Gasteiger partial charge on any atom is -0.309 e. The molecule has 1 atom stereocenters. The number of anilines is 3. The molecule has 0 amide bonds. The van der Waals surface area contributed by atoms with Crippen LogP contribution in [0.1, 0.15) is 0 Å². The van der Waals surface area contributed by atoms with Gasteiger partial charge in [-0.15, -0.1) is 0 Å². The molecule has 55 heavy (non-hydrogen) atoms. The standard InChI is InChI=1S/C49H33N4OP/c54-55(42-21-11-4-12-22-42)45-24-14-13-23-43(45)53(41-19-9-3-10-20-41)44-30-29-39(33-46(44)55)37-25-26-38-32-40(28-27-36(38)31-37)49-51-47(34-15-5-1-6-16-34)50-48(52-49)35-17-7-2-8-18-35/h1-33H. The lowest BCUT2D eigenvalue weighted by atomic mass is 9.99. The zero-order chi connectivity index (χ0) is 36.8. The smallest absolute Gasteiger partial charge is 0.175 e. The monoisotopic (exact) mass is 724 g/mol. The van der Waals surface area contributed by atoms with E-state index >= 15 is 4.57 Å². The second-order valence-electron chi connectivity index (χ2n) is 13.6. The third kappa shape index (κ3) is 5.74. The quantitative estimate of drug-likeness (QED) is 0.160. The van der Waals surface area contributed by atoms with Gasteiger partial charge >= 0.3 is 0 Å². The molecule has 0 aliphatic carbocycles. The molecule has 0 saturated carbocycles. The highest BCUT2D eigenvalue weighted by atomic mass is 31.2. The number of rotatable bonds is 6. The van der Waals surface area contributed by atoms with Crippen LogP contribution in [0, 0.1) is 0 Å². The van der Waals surface area contributed by atoms with Crippen molar-refractivity contribution in [1.29, 1.82) is 0 Å². The van der Waals surface area contributed by atoms with E-state index in [-0.39, 0.29) is 0 Å². The van der Waals surface area contributed by atoms with Crippen molar-refractivity contribution in [1.82, 2.24) is 15.0 Å². The number of hydrogen-bond donors (Lipinski definition) is 0. The Balaban J connectivity index is 1.08. The molecule has 1 aliphatic rings. The summed E-state index contributed by atoms with van der Waals surface area (Å²) >= 11 is 0. The summed E-state index contributed by atoms with van der Waals surface area (Å²) in [6, 6.07) is 67.7. The van der Waals surface area contributed by atoms with Gasteiger partial charge in [0.1, 0.15) is 0 Å². The molecule has 1 unspecified atom stereocenters. The molecule has 9 aromatic rings. The van der Waals surface area contributed by atoms with Gasteiger partial charge in [0.2, 0.25) is 0 Å². The van der Waals surface area contributed by atoms with Crippen LogP contribution < -0.4 is 20.8 Å². The molecular weight excluding hydrogens is 692 g/mol. The summed E-state index contributed by atoms with van der Waals surface area (Å²) in [5.41, 5.74) is 7.72. The molecule has 0 N–H and O–H groups in total. The predicted molar refractivity (Wildman–Crippen MR) is 227 cm³/mol. The first kappa shape index (κ1) is 32.7. The van der Waals surface area contributed by atoms with Crippen LogP contribution in [-0.4, -0.2) is 15.0 Å². The van der Waals surface area contributed by atoms with E-state index in [2.05, 4.69) is 77.7 Å². The third-order valence-corrected chi connectivity index (χ3v) is 13.4. The molecule has 260 valence electrons. The van der Waals surface area contributed by atoms with E-state index in [0.717, 1.165) is 71.6 Å². The maximum atomic E-state index is 15.8. The van der Waals surface area contributed by atoms with E-state index in [1.807, 2.05) is 127 Å². The molecule has 0 fully saturated rings. The summed E-state index contributed by atoms with van der Waals surface area (Å²) in [7, 11) is -3.25. The van der Waals surface area contributed by atoms with Gasteiger partial charge in [-0.25, -0.2) is 15.0 Å². The largest absolute Gasteiger partial charge is 0.309 e. The van der Waals surface area contributed by atoms with Gasteiger partial charge in [-0.2, -0.15) is 0 Å². The predicted octanol–water partition coefficient (Wildman–Crippen LogP) is 11.1. The molecular formula is C49H33N4OP. The van der Waals surface area contributed by atoms with Crippen molar-refractivity contribution < 1.29 is 4.57 Å². The summed E-state index contributed by atoms with van der Waals surface area (Å²) in [5, 5.41) is 4.64. The summed E-state index contributed by atoms with van der Waals surface area (Å²) in [6.07, 6.45) is 0. The van der Waals surface area contributed by atoms with Crippen LogP contribution in [0.5, 0.6) is 0 Å². The van der Waals surface area contributed by atoms with E-state index < -0.39 is 7.14 Å². The van der Waals surface area contributed by atoms with E-state index in [1.165, 1.54) is 0 Å². The van der Waals surface area contributed by atoms with Crippen molar-refractivity contribution >= 4 is 50.9 Å². The van der Waals surface area contributed by atoms with Gasteiger partial charge in [-0.1, -0.05) is 152 Å². The highest BCUT2D eigenvalue weighted by Crippen LogP contribution is 2.54. The van der Waals surface area contributed by atoms with Crippen molar-refractivity contribution in [2.45, 2.75) is 0 Å². The third-order valence-electron chi connectivity index (χ3n) is 10.3. The molecule has 0 bridgehead atoms. The molecule has 0 saturated heterocycles. The Kier molecular flexibility index (Phi) is 8.01. The molecule has 6 heteroatoms. The van der Waals surface area contributed by atoms with Crippen LogP contribution >= 0.6 is 7.14 Å². The maximum absolute atomic E-state index is 15.8. The summed E-state index contributed by atoms with van der Waals surface area (Å²) in [4.78, 5) is 17.0. The van der Waals surface area contributed by atoms with Gasteiger partial charge in [-0.3, -0.25) is 0 Å². The lowest BCUT2D eigenvalue weighted by molar-refractivity contribution is 0.592. The Bertz CT molecular complexity index is 2840. The number of para-hydroxylation sites is 2. The topological polar surface area (TPSA) is 59.0 Å². The average molecular weight is 725 g/mol. The van der Waals surface area contributed by atoms with Crippen LogP contribution in [0.3, 0.4) is 0 Å². The molecule has 2 heterocycles. The Morgan fingerprint density at radius 1 is 0.364 bits per heavy atom. The van der Waals surface area contributed by atoms with Crippen molar-refractivity contribution in [3.05, 3.63) is 200 Å². The molecule has 0 radical (unpaired) electrons. The zero-order valence-corrected chi connectivity index (χ0v) is 30.6. The van der Waals surface area contributed by atoms with Crippen molar-refractivity contribution in [3.63, 3.8) is 0 Å². The van der Waals surface area contributed by atoms with Gasteiger partial charge in [0.05, 0.1) is 11.4 Å². The molecule has 1 aliphatic heterocycles. The summed E-state index contributed by atoms with van der Waals surface area (Å²) < 4.78 is 15.8. The van der Waals surface area contributed by atoms with Crippen molar-refractivity contribution in [2.75, 3.05) is 4.90 Å². The van der Waals surface area contributed by atoms with Crippen molar-refractivity contribution in [2.24, 2.45) is 0 Å². The van der Waals surface area contributed by atoms with Gasteiger partial charge in [0.25, 0.3) is 0 Å². The highest BCUT2D eigenvalue weighted by Gasteiger charge is 2.41. The Hall–Kier alpha value is -6.94. The lowest BCUT2D eigenvalue weighted by Gasteiger charge is -2.38. The first-order valence-electron chi connectivity index (χ1n) is 18.3.